The fourth-order valence-electron chi connectivity index (χ4n) is 1.40. The van der Waals surface area contributed by atoms with Crippen molar-refractivity contribution < 1.29 is 17.6 Å². The molecule has 0 atom stereocenters. The molecule has 0 bridgehead atoms. The Labute approximate surface area is 109 Å². The minimum absolute atomic E-state index is 0.00176. The maximum absolute atomic E-state index is 12.1. The average Bonchev–Trinajstić information content (AvgIpc) is 2.99. The molecule has 0 aromatic carbocycles. The number of carbonyl (C=O) groups excluding carboxylic acids is 1. The summed E-state index contributed by atoms with van der Waals surface area (Å²) in [6.07, 6.45) is 0.471. The smallest absolute Gasteiger partial charge is 0.276 e. The molecule has 0 saturated heterocycles. The largest absolute Gasteiger partial charge is 0.440 e. The van der Waals surface area contributed by atoms with E-state index in [9.17, 15) is 13.2 Å². The highest BCUT2D eigenvalue weighted by molar-refractivity contribution is 7.88. The van der Waals surface area contributed by atoms with E-state index >= 15 is 0 Å². The molecular weight excluding hydrogens is 274 g/mol. The molecule has 0 amide bonds. The Balaban J connectivity index is 2.22. The van der Waals surface area contributed by atoms with E-state index < -0.39 is 10.0 Å². The van der Waals surface area contributed by atoms with Crippen molar-refractivity contribution in [3.63, 3.8) is 0 Å². The summed E-state index contributed by atoms with van der Waals surface area (Å²) in [6, 6.07) is 6.33. The third kappa shape index (κ3) is 2.53. The van der Waals surface area contributed by atoms with Crippen LogP contribution < -0.4 is 0 Å². The molecule has 0 radical (unpaired) electrons. The van der Waals surface area contributed by atoms with Crippen LogP contribution in [0.25, 0.3) is 0 Å². The van der Waals surface area contributed by atoms with Crippen LogP contribution in [0.2, 0.25) is 0 Å². The van der Waals surface area contributed by atoms with Crippen molar-refractivity contribution in [3.05, 3.63) is 40.3 Å². The number of hydrogen-bond donors (Lipinski definition) is 0. The molecule has 5 nitrogen and oxygen atoms in total. The van der Waals surface area contributed by atoms with Crippen LogP contribution in [0.15, 0.2) is 39.2 Å². The standard InChI is InChI=1S/C11H11NO4S2/c1-12(7-10-3-2-6-17-10)18(14,15)11-5-4-9(8-13)16-11/h2-6,8H,7H2,1H3. The highest BCUT2D eigenvalue weighted by Gasteiger charge is 2.24. The Bertz CT molecular complexity index is 628. The first-order chi connectivity index (χ1) is 8.54. The van der Waals surface area contributed by atoms with E-state index in [1.807, 2.05) is 17.5 Å². The lowest BCUT2D eigenvalue weighted by atomic mass is 10.5. The number of aldehydes is 1. The molecule has 0 saturated carbocycles. The van der Waals surface area contributed by atoms with Crippen LogP contribution in [-0.2, 0) is 16.6 Å². The van der Waals surface area contributed by atoms with E-state index in [1.54, 1.807) is 0 Å². The van der Waals surface area contributed by atoms with E-state index in [0.717, 1.165) is 4.88 Å². The maximum Gasteiger partial charge on any atom is 0.276 e. The monoisotopic (exact) mass is 285 g/mol. The summed E-state index contributed by atoms with van der Waals surface area (Å²) >= 11 is 1.48. The van der Waals surface area contributed by atoms with E-state index in [1.165, 1.54) is 34.8 Å². The second-order valence-electron chi connectivity index (χ2n) is 3.62. The average molecular weight is 285 g/mol. The van der Waals surface area contributed by atoms with Crippen molar-refractivity contribution in [1.82, 2.24) is 4.31 Å². The Hall–Kier alpha value is -1.44. The second-order valence-corrected chi connectivity index (χ2v) is 6.62. The van der Waals surface area contributed by atoms with Gasteiger partial charge in [-0.15, -0.1) is 11.3 Å². The van der Waals surface area contributed by atoms with Crippen LogP contribution in [0.3, 0.4) is 0 Å². The first-order valence-electron chi connectivity index (χ1n) is 5.08. The van der Waals surface area contributed by atoms with E-state index in [0.29, 0.717) is 6.29 Å². The highest BCUT2D eigenvalue weighted by atomic mass is 32.2. The Morgan fingerprint density at radius 1 is 1.39 bits per heavy atom. The number of rotatable bonds is 5. The molecule has 2 aromatic rings. The van der Waals surface area contributed by atoms with Crippen LogP contribution in [0.4, 0.5) is 0 Å². The van der Waals surface area contributed by atoms with Crippen LogP contribution in [0.5, 0.6) is 0 Å². The van der Waals surface area contributed by atoms with E-state index in [4.69, 9.17) is 4.42 Å². The topological polar surface area (TPSA) is 67.6 Å². The predicted octanol–water partition coefficient (Wildman–Crippen LogP) is 1.97. The molecule has 0 unspecified atom stereocenters. The van der Waals surface area contributed by atoms with Gasteiger partial charge in [0.2, 0.25) is 5.09 Å². The highest BCUT2D eigenvalue weighted by Crippen LogP contribution is 2.20. The minimum Gasteiger partial charge on any atom is -0.440 e. The normalized spacial score (nSPS) is 11.9. The summed E-state index contributed by atoms with van der Waals surface area (Å²) in [5.74, 6) is -0.00176. The van der Waals surface area contributed by atoms with Gasteiger partial charge in [-0.05, 0) is 23.6 Å². The van der Waals surface area contributed by atoms with Crippen molar-refractivity contribution in [1.29, 1.82) is 0 Å². The predicted molar refractivity (Wildman–Crippen MR) is 67.1 cm³/mol. The Kier molecular flexibility index (Phi) is 3.65. The van der Waals surface area contributed by atoms with Gasteiger partial charge in [-0.3, -0.25) is 4.79 Å². The molecule has 18 heavy (non-hydrogen) atoms. The lowest BCUT2D eigenvalue weighted by Gasteiger charge is -2.14. The molecule has 0 aliphatic rings. The minimum atomic E-state index is -3.69. The summed E-state index contributed by atoms with van der Waals surface area (Å²) in [7, 11) is -2.22. The molecule has 7 heteroatoms. The van der Waals surface area contributed by atoms with Gasteiger partial charge >= 0.3 is 0 Å². The summed E-state index contributed by atoms with van der Waals surface area (Å²) in [6.45, 7) is 0.275. The quantitative estimate of drug-likeness (QED) is 0.788. The molecule has 0 aliphatic carbocycles. The summed E-state index contributed by atoms with van der Waals surface area (Å²) in [4.78, 5) is 11.4. The van der Waals surface area contributed by atoms with E-state index in [2.05, 4.69) is 0 Å². The van der Waals surface area contributed by atoms with Crippen LogP contribution in [-0.4, -0.2) is 26.1 Å². The van der Waals surface area contributed by atoms with Gasteiger partial charge in [0.1, 0.15) is 0 Å². The number of hydrogen-bond acceptors (Lipinski definition) is 5. The van der Waals surface area contributed by atoms with Crippen molar-refractivity contribution in [2.45, 2.75) is 11.6 Å². The van der Waals surface area contributed by atoms with Crippen molar-refractivity contribution >= 4 is 27.6 Å². The fourth-order valence-corrected chi connectivity index (χ4v) is 3.29. The van der Waals surface area contributed by atoms with Gasteiger partial charge in [0.05, 0.1) is 0 Å². The third-order valence-electron chi connectivity index (χ3n) is 2.34. The van der Waals surface area contributed by atoms with Gasteiger partial charge < -0.3 is 4.42 Å². The second kappa shape index (κ2) is 5.05. The van der Waals surface area contributed by atoms with Crippen molar-refractivity contribution in [2.24, 2.45) is 0 Å². The molecule has 96 valence electrons. The fraction of sp³-hybridized carbons (Fsp3) is 0.182. The third-order valence-corrected chi connectivity index (χ3v) is 4.88. The molecule has 2 rings (SSSR count). The molecule has 0 spiro atoms. The van der Waals surface area contributed by atoms with Gasteiger partial charge in [-0.1, -0.05) is 6.07 Å². The van der Waals surface area contributed by atoms with Gasteiger partial charge in [0.25, 0.3) is 10.0 Å². The number of furan rings is 1. The van der Waals surface area contributed by atoms with Gasteiger partial charge in [0.15, 0.2) is 12.0 Å². The number of carbonyl (C=O) groups is 1. The molecule has 0 N–H and O–H groups in total. The molecule has 0 aliphatic heterocycles. The maximum atomic E-state index is 12.1. The number of nitrogens with zero attached hydrogens (tertiary/aromatic N) is 1. The summed E-state index contributed by atoms with van der Waals surface area (Å²) < 4.78 is 30.3. The number of thiophene rings is 1. The SMILES string of the molecule is CN(Cc1cccs1)S(=O)(=O)c1ccc(C=O)o1. The summed E-state index contributed by atoms with van der Waals surface area (Å²) in [5, 5.41) is 1.66. The first kappa shape index (κ1) is 13.0. The van der Waals surface area contributed by atoms with Gasteiger partial charge in [-0.2, -0.15) is 4.31 Å². The van der Waals surface area contributed by atoms with Crippen LogP contribution >= 0.6 is 11.3 Å². The Morgan fingerprint density at radius 2 is 2.17 bits per heavy atom. The van der Waals surface area contributed by atoms with Crippen molar-refractivity contribution in [3.8, 4) is 0 Å². The number of sulfonamides is 1. The first-order valence-corrected chi connectivity index (χ1v) is 7.40. The van der Waals surface area contributed by atoms with Crippen LogP contribution in [0.1, 0.15) is 15.4 Å². The lowest BCUT2D eigenvalue weighted by Crippen LogP contribution is -2.25. The Morgan fingerprint density at radius 3 is 2.72 bits per heavy atom. The zero-order valence-electron chi connectivity index (χ0n) is 9.57. The molecular formula is C11H11NO4S2. The zero-order valence-corrected chi connectivity index (χ0v) is 11.2. The molecule has 2 aromatic heterocycles. The van der Waals surface area contributed by atoms with E-state index in [-0.39, 0.29) is 17.4 Å². The molecule has 0 fully saturated rings. The summed E-state index contributed by atoms with van der Waals surface area (Å²) in [5.41, 5.74) is 0. The van der Waals surface area contributed by atoms with Crippen molar-refractivity contribution in [2.75, 3.05) is 7.05 Å². The molecule has 2 heterocycles. The van der Waals surface area contributed by atoms with Crippen LogP contribution in [0, 0.1) is 0 Å². The van der Waals surface area contributed by atoms with Gasteiger partial charge in [0, 0.05) is 18.5 Å². The zero-order chi connectivity index (χ0) is 13.2. The van der Waals surface area contributed by atoms with Gasteiger partial charge in [-0.25, -0.2) is 8.42 Å². The lowest BCUT2D eigenvalue weighted by molar-refractivity contribution is 0.109.